The van der Waals surface area contributed by atoms with Crippen molar-refractivity contribution in [2.24, 2.45) is 0 Å². The first-order valence-electron chi connectivity index (χ1n) is 9.16. The van der Waals surface area contributed by atoms with Crippen LogP contribution in [0.4, 0.5) is 5.69 Å². The summed E-state index contributed by atoms with van der Waals surface area (Å²) < 4.78 is 5.62. The average Bonchev–Trinajstić information content (AvgIpc) is 2.74. The van der Waals surface area contributed by atoms with E-state index in [0.717, 1.165) is 5.56 Å². The average molecular weight is 409 g/mol. The topological polar surface area (TPSA) is 67.4 Å². The van der Waals surface area contributed by atoms with Crippen molar-refractivity contribution in [3.8, 4) is 5.75 Å². The molecule has 0 unspecified atom stereocenters. The number of amides is 2. The minimum atomic E-state index is -0.369. The third-order valence-corrected chi connectivity index (χ3v) is 4.49. The van der Waals surface area contributed by atoms with Gasteiger partial charge in [0.1, 0.15) is 5.75 Å². The molecule has 0 heterocycles. The molecule has 0 saturated heterocycles. The van der Waals surface area contributed by atoms with Crippen molar-refractivity contribution in [2.45, 2.75) is 13.0 Å². The van der Waals surface area contributed by atoms with E-state index in [1.165, 1.54) is 6.07 Å². The third-order valence-electron chi connectivity index (χ3n) is 4.25. The van der Waals surface area contributed by atoms with E-state index < -0.39 is 0 Å². The van der Waals surface area contributed by atoms with Crippen LogP contribution in [-0.2, 0) is 4.79 Å². The Morgan fingerprint density at radius 3 is 2.31 bits per heavy atom. The highest BCUT2D eigenvalue weighted by Crippen LogP contribution is 2.24. The van der Waals surface area contributed by atoms with E-state index in [0.29, 0.717) is 10.7 Å². The van der Waals surface area contributed by atoms with Gasteiger partial charge in [-0.15, -0.1) is 0 Å². The summed E-state index contributed by atoms with van der Waals surface area (Å²) in [5.41, 5.74) is 1.90. The van der Waals surface area contributed by atoms with Gasteiger partial charge in [0.25, 0.3) is 11.8 Å². The first kappa shape index (κ1) is 20.4. The van der Waals surface area contributed by atoms with E-state index in [4.69, 9.17) is 16.3 Å². The third kappa shape index (κ3) is 5.83. The van der Waals surface area contributed by atoms with Crippen LogP contribution in [0.3, 0.4) is 0 Å². The smallest absolute Gasteiger partial charge is 0.259 e. The lowest BCUT2D eigenvalue weighted by Crippen LogP contribution is -2.31. The number of benzene rings is 3. The first-order chi connectivity index (χ1) is 14.0. The molecule has 0 aliphatic rings. The summed E-state index contributed by atoms with van der Waals surface area (Å²) in [4.78, 5) is 24.9. The zero-order valence-electron chi connectivity index (χ0n) is 15.9. The molecular formula is C23H21ClN2O3. The number of para-hydroxylation sites is 1. The number of rotatable bonds is 7. The van der Waals surface area contributed by atoms with E-state index >= 15 is 0 Å². The van der Waals surface area contributed by atoms with Crippen LogP contribution in [0.15, 0.2) is 78.9 Å². The minimum absolute atomic E-state index is 0.154. The second-order valence-electron chi connectivity index (χ2n) is 6.45. The molecular weight excluding hydrogens is 388 g/mol. The molecule has 0 aliphatic carbocycles. The molecule has 6 heteroatoms. The fraction of sp³-hybridized carbons (Fsp3) is 0.130. The number of carbonyl (C=O) groups is 2. The lowest BCUT2D eigenvalue weighted by atomic mass is 10.1. The summed E-state index contributed by atoms with van der Waals surface area (Å²) >= 11 is 6.05. The molecule has 2 amide bonds. The van der Waals surface area contributed by atoms with Crippen molar-refractivity contribution in [3.63, 3.8) is 0 Å². The Labute approximate surface area is 174 Å². The number of halogens is 1. The van der Waals surface area contributed by atoms with Gasteiger partial charge in [-0.3, -0.25) is 9.59 Å². The number of ether oxygens (including phenoxy) is 1. The van der Waals surface area contributed by atoms with Crippen LogP contribution in [-0.4, -0.2) is 18.4 Å². The molecule has 5 nitrogen and oxygen atoms in total. The minimum Gasteiger partial charge on any atom is -0.483 e. The molecule has 3 aromatic rings. The van der Waals surface area contributed by atoms with E-state index in [9.17, 15) is 9.59 Å². The van der Waals surface area contributed by atoms with E-state index in [1.54, 1.807) is 24.3 Å². The molecule has 0 spiro atoms. The maximum absolute atomic E-state index is 12.6. The molecule has 148 valence electrons. The Morgan fingerprint density at radius 1 is 0.966 bits per heavy atom. The fourth-order valence-corrected chi connectivity index (χ4v) is 2.95. The summed E-state index contributed by atoms with van der Waals surface area (Å²) in [7, 11) is 0. The Bertz CT molecular complexity index is 978. The fourth-order valence-electron chi connectivity index (χ4n) is 2.78. The van der Waals surface area contributed by atoms with Crippen molar-refractivity contribution in [2.75, 3.05) is 11.9 Å². The highest BCUT2D eigenvalue weighted by molar-refractivity contribution is 6.31. The number of carbonyl (C=O) groups excluding carboxylic acids is 2. The summed E-state index contributed by atoms with van der Waals surface area (Å²) in [6, 6.07) is 23.3. The predicted octanol–water partition coefficient (Wildman–Crippen LogP) is 4.85. The standard InChI is InChI=1S/C23H21ClN2O3/c1-16(17-8-4-2-5-9-17)25-22(27)15-29-21-13-12-18(24)14-20(21)23(28)26-19-10-6-3-7-11-19/h2-14,16H,15H2,1H3,(H,25,27)(H,26,28)/t16-/m0/s1. The van der Waals surface area contributed by atoms with Gasteiger partial charge in [-0.2, -0.15) is 0 Å². The van der Waals surface area contributed by atoms with Crippen LogP contribution in [0.1, 0.15) is 28.9 Å². The van der Waals surface area contributed by atoms with Crippen molar-refractivity contribution in [3.05, 3.63) is 95.0 Å². The largest absolute Gasteiger partial charge is 0.483 e. The van der Waals surface area contributed by atoms with Crippen molar-refractivity contribution in [1.82, 2.24) is 5.32 Å². The number of hydrogen-bond donors (Lipinski definition) is 2. The van der Waals surface area contributed by atoms with E-state index in [2.05, 4.69) is 10.6 Å². The van der Waals surface area contributed by atoms with Crippen molar-refractivity contribution < 1.29 is 14.3 Å². The van der Waals surface area contributed by atoms with Crippen LogP contribution in [0.5, 0.6) is 5.75 Å². The second kappa shape index (κ2) is 9.75. The first-order valence-corrected chi connectivity index (χ1v) is 9.54. The van der Waals surface area contributed by atoms with Crippen molar-refractivity contribution in [1.29, 1.82) is 0 Å². The summed E-state index contributed by atoms with van der Waals surface area (Å²) in [6.45, 7) is 1.68. The zero-order chi connectivity index (χ0) is 20.6. The number of anilines is 1. The summed E-state index contributed by atoms with van der Waals surface area (Å²) in [5, 5.41) is 6.07. The van der Waals surface area contributed by atoms with Gasteiger partial charge in [-0.25, -0.2) is 0 Å². The molecule has 0 fully saturated rings. The van der Waals surface area contributed by atoms with Gasteiger partial charge in [-0.05, 0) is 42.8 Å². The Hall–Kier alpha value is -3.31. The van der Waals surface area contributed by atoms with Crippen molar-refractivity contribution >= 4 is 29.1 Å². The Morgan fingerprint density at radius 2 is 1.62 bits per heavy atom. The van der Waals surface area contributed by atoms with Crippen LogP contribution in [0.2, 0.25) is 5.02 Å². The maximum atomic E-state index is 12.6. The second-order valence-corrected chi connectivity index (χ2v) is 6.89. The van der Waals surface area contributed by atoms with Gasteiger partial charge in [-0.1, -0.05) is 60.1 Å². The predicted molar refractivity (Wildman–Crippen MR) is 114 cm³/mol. The van der Waals surface area contributed by atoms with Gasteiger partial charge < -0.3 is 15.4 Å². The normalized spacial score (nSPS) is 11.4. The molecule has 0 bridgehead atoms. The highest BCUT2D eigenvalue weighted by Gasteiger charge is 2.16. The lowest BCUT2D eigenvalue weighted by Gasteiger charge is -2.16. The molecule has 3 aromatic carbocycles. The van der Waals surface area contributed by atoms with Crippen LogP contribution < -0.4 is 15.4 Å². The number of hydrogen-bond acceptors (Lipinski definition) is 3. The SMILES string of the molecule is C[C@H](NC(=O)COc1ccc(Cl)cc1C(=O)Nc1ccccc1)c1ccccc1. The Balaban J connectivity index is 1.64. The van der Waals surface area contributed by atoms with Gasteiger partial charge in [0, 0.05) is 10.7 Å². The molecule has 3 rings (SSSR count). The lowest BCUT2D eigenvalue weighted by molar-refractivity contribution is -0.123. The molecule has 0 aromatic heterocycles. The summed E-state index contributed by atoms with van der Waals surface area (Å²) in [5.74, 6) is -0.372. The van der Waals surface area contributed by atoms with E-state index in [1.807, 2.05) is 55.5 Å². The van der Waals surface area contributed by atoms with Crippen LogP contribution in [0.25, 0.3) is 0 Å². The highest BCUT2D eigenvalue weighted by atomic mass is 35.5. The molecule has 0 radical (unpaired) electrons. The monoisotopic (exact) mass is 408 g/mol. The molecule has 0 saturated carbocycles. The van der Waals surface area contributed by atoms with Crippen LogP contribution in [0, 0.1) is 0 Å². The van der Waals surface area contributed by atoms with Gasteiger partial charge in [0.05, 0.1) is 11.6 Å². The molecule has 0 aliphatic heterocycles. The quantitative estimate of drug-likeness (QED) is 0.587. The molecule has 1 atom stereocenters. The van der Waals surface area contributed by atoms with Gasteiger partial charge in [0.15, 0.2) is 6.61 Å². The van der Waals surface area contributed by atoms with Gasteiger partial charge >= 0.3 is 0 Å². The molecule has 29 heavy (non-hydrogen) atoms. The maximum Gasteiger partial charge on any atom is 0.259 e. The number of nitrogens with one attached hydrogen (secondary N) is 2. The summed E-state index contributed by atoms with van der Waals surface area (Å²) in [6.07, 6.45) is 0. The zero-order valence-corrected chi connectivity index (χ0v) is 16.6. The molecule has 2 N–H and O–H groups in total. The van der Waals surface area contributed by atoms with Gasteiger partial charge in [0.2, 0.25) is 0 Å². The van der Waals surface area contributed by atoms with E-state index in [-0.39, 0.29) is 35.8 Å². The van der Waals surface area contributed by atoms with Crippen LogP contribution >= 0.6 is 11.6 Å². The Kier molecular flexibility index (Phi) is 6.87.